The van der Waals surface area contributed by atoms with E-state index in [1.54, 1.807) is 19.0 Å². The van der Waals surface area contributed by atoms with E-state index in [1.807, 2.05) is 0 Å². The van der Waals surface area contributed by atoms with Crippen LogP contribution in [0.15, 0.2) is 24.3 Å². The van der Waals surface area contributed by atoms with Gasteiger partial charge in [-0.1, -0.05) is 23.7 Å². The van der Waals surface area contributed by atoms with E-state index >= 15 is 0 Å². The third-order valence-electron chi connectivity index (χ3n) is 2.15. The van der Waals surface area contributed by atoms with Crippen molar-refractivity contribution in [1.29, 1.82) is 0 Å². The minimum atomic E-state index is -4.20. The smallest absolute Gasteiger partial charge is 0.429 e. The normalized spacial score (nSPS) is 13.4. The number of hydrogen-bond acceptors (Lipinski definition) is 3. The van der Waals surface area contributed by atoms with E-state index in [0.29, 0.717) is 0 Å². The molecule has 0 aromatic heterocycles. The summed E-state index contributed by atoms with van der Waals surface area (Å²) in [6, 6.07) is 5.40. The Morgan fingerprint density at radius 1 is 1.42 bits per heavy atom. The number of para-hydroxylation sites is 1. The van der Waals surface area contributed by atoms with Crippen LogP contribution in [0.1, 0.15) is 10.4 Å². The third-order valence-corrected chi connectivity index (χ3v) is 2.40. The van der Waals surface area contributed by atoms with Crippen LogP contribution >= 0.6 is 11.6 Å². The number of nitrogens with zero attached hydrogens (tertiary/aromatic N) is 1. The summed E-state index contributed by atoms with van der Waals surface area (Å²) in [6.07, 6.45) is -4.20. The van der Waals surface area contributed by atoms with Gasteiger partial charge >= 0.3 is 6.11 Å². The first-order valence-corrected chi connectivity index (χ1v) is 5.79. The van der Waals surface area contributed by atoms with Crippen molar-refractivity contribution in [3.63, 3.8) is 0 Å². The second kappa shape index (κ2) is 6.25. The Morgan fingerprint density at radius 2 is 2.00 bits per heavy atom. The zero-order valence-electron chi connectivity index (χ0n) is 10.4. The Morgan fingerprint density at radius 3 is 2.53 bits per heavy atom. The van der Waals surface area contributed by atoms with Gasteiger partial charge in [0.15, 0.2) is 5.78 Å². The van der Waals surface area contributed by atoms with Crippen LogP contribution < -0.4 is 4.74 Å². The molecule has 0 fully saturated rings. The predicted octanol–water partition coefficient (Wildman–Crippen LogP) is 2.94. The molecule has 0 saturated carbocycles. The lowest BCUT2D eigenvalue weighted by molar-refractivity contribution is -0.199. The summed E-state index contributed by atoms with van der Waals surface area (Å²) in [5.41, 5.74) is -3.04. The minimum Gasteiger partial charge on any atom is -0.429 e. The zero-order chi connectivity index (χ0) is 14.6. The van der Waals surface area contributed by atoms with E-state index in [4.69, 9.17) is 11.6 Å². The van der Waals surface area contributed by atoms with Gasteiger partial charge in [-0.15, -0.1) is 0 Å². The van der Waals surface area contributed by atoms with Crippen LogP contribution in [-0.4, -0.2) is 43.1 Å². The SMILES string of the molecule is CN(C)CC(=O)c1ccccc1OC(F)(F)C(F)Cl. The van der Waals surface area contributed by atoms with Gasteiger partial charge in [0.1, 0.15) is 5.75 Å². The summed E-state index contributed by atoms with van der Waals surface area (Å²) in [4.78, 5) is 13.4. The Hall–Kier alpha value is -1.27. The number of ketones is 1. The molecule has 0 saturated heterocycles. The fourth-order valence-electron chi connectivity index (χ4n) is 1.35. The van der Waals surface area contributed by atoms with Crippen LogP contribution in [0.3, 0.4) is 0 Å². The molecular formula is C12H13ClF3NO2. The van der Waals surface area contributed by atoms with Gasteiger partial charge in [0.2, 0.25) is 0 Å². The van der Waals surface area contributed by atoms with E-state index < -0.39 is 23.3 Å². The molecule has 0 aliphatic carbocycles. The second-order valence-corrected chi connectivity index (χ2v) is 4.50. The number of benzene rings is 1. The maximum Gasteiger partial charge on any atom is 0.444 e. The fourth-order valence-corrected chi connectivity index (χ4v) is 1.39. The second-order valence-electron chi connectivity index (χ2n) is 4.12. The number of carbonyl (C=O) groups excluding carboxylic acids is 1. The molecule has 1 atom stereocenters. The maximum atomic E-state index is 13.1. The lowest BCUT2D eigenvalue weighted by Gasteiger charge is -2.19. The summed E-state index contributed by atoms with van der Waals surface area (Å²) in [6.45, 7) is 0.0197. The molecule has 1 aromatic rings. The van der Waals surface area contributed by atoms with E-state index in [-0.39, 0.29) is 12.1 Å². The van der Waals surface area contributed by atoms with Gasteiger partial charge in [-0.2, -0.15) is 8.78 Å². The average Bonchev–Trinajstić information content (AvgIpc) is 2.27. The minimum absolute atomic E-state index is 0.0197. The van der Waals surface area contributed by atoms with Crippen molar-refractivity contribution in [3.05, 3.63) is 29.8 Å². The van der Waals surface area contributed by atoms with Crippen molar-refractivity contribution in [2.45, 2.75) is 11.7 Å². The first kappa shape index (κ1) is 15.8. The molecule has 0 aliphatic rings. The molecule has 1 rings (SSSR count). The Balaban J connectivity index is 3.00. The number of likely N-dealkylation sites (N-methyl/N-ethyl adjacent to an activating group) is 1. The lowest BCUT2D eigenvalue weighted by Crippen LogP contribution is -2.33. The van der Waals surface area contributed by atoms with Crippen LogP contribution in [0, 0.1) is 0 Å². The zero-order valence-corrected chi connectivity index (χ0v) is 11.1. The standard InChI is InChI=1S/C12H13ClF3NO2/c1-17(2)7-9(18)8-5-3-4-6-10(8)19-12(15,16)11(13)14/h3-6,11H,7H2,1-2H3. The summed E-state index contributed by atoms with van der Waals surface area (Å²) in [5, 5.41) is 0. The highest BCUT2D eigenvalue weighted by Crippen LogP contribution is 2.30. The third kappa shape index (κ3) is 4.40. The molecule has 106 valence electrons. The molecule has 1 unspecified atom stereocenters. The van der Waals surface area contributed by atoms with Gasteiger partial charge in [0, 0.05) is 0 Å². The van der Waals surface area contributed by atoms with Crippen molar-refractivity contribution < 1.29 is 22.7 Å². The highest BCUT2D eigenvalue weighted by molar-refractivity contribution is 6.20. The number of alkyl halides is 4. The molecule has 0 bridgehead atoms. The van der Waals surface area contributed by atoms with E-state index in [9.17, 15) is 18.0 Å². The number of carbonyl (C=O) groups is 1. The van der Waals surface area contributed by atoms with Gasteiger partial charge in [-0.05, 0) is 26.2 Å². The Kier molecular flexibility index (Phi) is 5.20. The number of hydrogen-bond donors (Lipinski definition) is 0. The van der Waals surface area contributed by atoms with E-state index in [0.717, 1.165) is 6.07 Å². The highest BCUT2D eigenvalue weighted by atomic mass is 35.5. The molecule has 0 heterocycles. The summed E-state index contributed by atoms with van der Waals surface area (Å²) in [7, 11) is 3.32. The predicted molar refractivity (Wildman–Crippen MR) is 65.7 cm³/mol. The van der Waals surface area contributed by atoms with E-state index in [2.05, 4.69) is 4.74 Å². The molecule has 0 radical (unpaired) electrons. The molecule has 7 heteroatoms. The van der Waals surface area contributed by atoms with Crippen molar-refractivity contribution in [3.8, 4) is 5.75 Å². The number of Topliss-reactive ketones (excluding diaryl/α,β-unsaturated/α-hetero) is 1. The molecular weight excluding hydrogens is 283 g/mol. The van der Waals surface area contributed by atoms with Crippen LogP contribution in [0.4, 0.5) is 13.2 Å². The highest BCUT2D eigenvalue weighted by Gasteiger charge is 2.42. The molecule has 19 heavy (non-hydrogen) atoms. The van der Waals surface area contributed by atoms with Crippen molar-refractivity contribution in [1.82, 2.24) is 4.90 Å². The van der Waals surface area contributed by atoms with Gasteiger partial charge < -0.3 is 9.64 Å². The average molecular weight is 296 g/mol. The fraction of sp³-hybridized carbons (Fsp3) is 0.417. The van der Waals surface area contributed by atoms with Gasteiger partial charge in [-0.3, -0.25) is 4.79 Å². The first-order valence-electron chi connectivity index (χ1n) is 5.36. The number of halogens is 4. The number of rotatable bonds is 6. The van der Waals surface area contributed by atoms with Gasteiger partial charge in [0.05, 0.1) is 12.1 Å². The monoisotopic (exact) mass is 295 g/mol. The van der Waals surface area contributed by atoms with Crippen LogP contribution in [0.5, 0.6) is 5.75 Å². The Bertz CT molecular complexity index is 452. The molecule has 1 aromatic carbocycles. The lowest BCUT2D eigenvalue weighted by atomic mass is 10.1. The molecule has 3 nitrogen and oxygen atoms in total. The quantitative estimate of drug-likeness (QED) is 0.597. The summed E-state index contributed by atoms with van der Waals surface area (Å²) < 4.78 is 42.9. The summed E-state index contributed by atoms with van der Waals surface area (Å²) >= 11 is 4.70. The maximum absolute atomic E-state index is 13.1. The van der Waals surface area contributed by atoms with Crippen molar-refractivity contribution in [2.24, 2.45) is 0 Å². The molecule has 0 amide bonds. The topological polar surface area (TPSA) is 29.5 Å². The van der Waals surface area contributed by atoms with Crippen molar-refractivity contribution >= 4 is 17.4 Å². The van der Waals surface area contributed by atoms with Crippen LogP contribution in [-0.2, 0) is 0 Å². The largest absolute Gasteiger partial charge is 0.444 e. The molecule has 0 spiro atoms. The molecule has 0 aliphatic heterocycles. The van der Waals surface area contributed by atoms with Gasteiger partial charge in [-0.25, -0.2) is 4.39 Å². The molecule has 0 N–H and O–H groups in total. The van der Waals surface area contributed by atoms with Crippen LogP contribution in [0.25, 0.3) is 0 Å². The summed E-state index contributed by atoms with van der Waals surface area (Å²) in [5.74, 6) is -0.816. The van der Waals surface area contributed by atoms with Gasteiger partial charge in [0.25, 0.3) is 5.63 Å². The van der Waals surface area contributed by atoms with Crippen molar-refractivity contribution in [2.75, 3.05) is 20.6 Å². The van der Waals surface area contributed by atoms with E-state index in [1.165, 1.54) is 18.2 Å². The Labute approximate surface area is 113 Å². The number of ether oxygens (including phenoxy) is 1. The first-order chi connectivity index (χ1) is 8.74. The van der Waals surface area contributed by atoms with Crippen LogP contribution in [0.2, 0.25) is 0 Å².